The lowest BCUT2D eigenvalue weighted by atomic mass is 10.0. The average molecular weight is 379 g/mol. The van der Waals surface area contributed by atoms with Gasteiger partial charge in [-0.1, -0.05) is 50.2 Å². The molecular formula is C24H30N2O2. The first-order valence-electron chi connectivity index (χ1n) is 10.2. The van der Waals surface area contributed by atoms with Crippen molar-refractivity contribution >= 4 is 17.5 Å². The molecule has 4 heteroatoms. The van der Waals surface area contributed by atoms with Gasteiger partial charge < -0.3 is 10.2 Å². The van der Waals surface area contributed by atoms with Crippen LogP contribution in [0.1, 0.15) is 53.7 Å². The molecule has 2 amide bonds. The molecule has 1 saturated heterocycles. The molecule has 0 saturated carbocycles. The highest BCUT2D eigenvalue weighted by molar-refractivity contribution is 6.05. The Balaban J connectivity index is 1.70. The maximum Gasteiger partial charge on any atom is 0.255 e. The van der Waals surface area contributed by atoms with Crippen LogP contribution in [0.4, 0.5) is 5.69 Å². The SMILES string of the molecule is Cc1cccc(C(=O)N2CCCC2)c1NC(=O)Cc1ccc(CC(C)C)cc1. The van der Waals surface area contributed by atoms with Crippen molar-refractivity contribution in [3.05, 3.63) is 64.7 Å². The summed E-state index contributed by atoms with van der Waals surface area (Å²) >= 11 is 0. The molecule has 1 aliphatic heterocycles. The minimum Gasteiger partial charge on any atom is -0.339 e. The summed E-state index contributed by atoms with van der Waals surface area (Å²) in [5.74, 6) is 0.526. The van der Waals surface area contributed by atoms with Gasteiger partial charge in [0.05, 0.1) is 17.7 Å². The highest BCUT2D eigenvalue weighted by Gasteiger charge is 2.23. The molecule has 28 heavy (non-hydrogen) atoms. The van der Waals surface area contributed by atoms with Gasteiger partial charge in [0.2, 0.25) is 5.91 Å². The quantitative estimate of drug-likeness (QED) is 0.798. The molecule has 1 aliphatic rings. The number of carbonyl (C=O) groups excluding carboxylic acids is 2. The number of benzene rings is 2. The average Bonchev–Trinajstić information content (AvgIpc) is 3.19. The van der Waals surface area contributed by atoms with Crippen LogP contribution in [-0.4, -0.2) is 29.8 Å². The smallest absolute Gasteiger partial charge is 0.255 e. The number of rotatable bonds is 6. The molecule has 2 aromatic rings. The fraction of sp³-hybridized carbons (Fsp3) is 0.417. The normalized spacial score (nSPS) is 13.8. The molecule has 1 fully saturated rings. The van der Waals surface area contributed by atoms with E-state index < -0.39 is 0 Å². The van der Waals surface area contributed by atoms with Gasteiger partial charge in [-0.25, -0.2) is 0 Å². The molecule has 1 heterocycles. The second-order valence-electron chi connectivity index (χ2n) is 8.14. The molecule has 1 N–H and O–H groups in total. The number of hydrogen-bond donors (Lipinski definition) is 1. The summed E-state index contributed by atoms with van der Waals surface area (Å²) in [5.41, 5.74) is 4.40. The molecule has 0 unspecified atom stereocenters. The van der Waals surface area contributed by atoms with E-state index >= 15 is 0 Å². The van der Waals surface area contributed by atoms with Crippen LogP contribution in [0.5, 0.6) is 0 Å². The number of likely N-dealkylation sites (tertiary alicyclic amines) is 1. The maximum atomic E-state index is 12.9. The Morgan fingerprint density at radius 2 is 1.64 bits per heavy atom. The Labute approximate surface area is 167 Å². The molecule has 0 aliphatic carbocycles. The minimum atomic E-state index is -0.0959. The van der Waals surface area contributed by atoms with Crippen molar-refractivity contribution in [2.75, 3.05) is 18.4 Å². The lowest BCUT2D eigenvalue weighted by Gasteiger charge is -2.19. The van der Waals surface area contributed by atoms with E-state index in [0.29, 0.717) is 23.6 Å². The lowest BCUT2D eigenvalue weighted by molar-refractivity contribution is -0.115. The molecule has 4 nitrogen and oxygen atoms in total. The zero-order chi connectivity index (χ0) is 20.1. The Kier molecular flexibility index (Phi) is 6.50. The predicted molar refractivity (Wildman–Crippen MR) is 114 cm³/mol. The van der Waals surface area contributed by atoms with Crippen LogP contribution >= 0.6 is 0 Å². The second-order valence-corrected chi connectivity index (χ2v) is 8.14. The Hall–Kier alpha value is -2.62. The highest BCUT2D eigenvalue weighted by Crippen LogP contribution is 2.24. The molecule has 0 bridgehead atoms. The lowest BCUT2D eigenvalue weighted by Crippen LogP contribution is -2.29. The standard InChI is InChI=1S/C24H30N2O2/c1-17(2)15-19-9-11-20(12-10-19)16-22(27)25-23-18(3)7-6-8-21(23)24(28)26-13-4-5-14-26/h6-12,17H,4-5,13-16H2,1-3H3,(H,25,27). The van der Waals surface area contributed by atoms with Crippen LogP contribution in [0.25, 0.3) is 0 Å². The first-order chi connectivity index (χ1) is 13.4. The van der Waals surface area contributed by atoms with E-state index in [-0.39, 0.29) is 11.8 Å². The van der Waals surface area contributed by atoms with Gasteiger partial charge in [-0.2, -0.15) is 0 Å². The first kappa shape index (κ1) is 20.1. The Morgan fingerprint density at radius 1 is 1.00 bits per heavy atom. The summed E-state index contributed by atoms with van der Waals surface area (Å²) in [6.45, 7) is 7.91. The number of amides is 2. The van der Waals surface area contributed by atoms with Crippen LogP contribution < -0.4 is 5.32 Å². The van der Waals surface area contributed by atoms with Gasteiger partial charge in [0.1, 0.15) is 0 Å². The number of anilines is 1. The van der Waals surface area contributed by atoms with Crippen molar-refractivity contribution in [3.8, 4) is 0 Å². The van der Waals surface area contributed by atoms with E-state index in [1.165, 1.54) is 5.56 Å². The van der Waals surface area contributed by atoms with E-state index in [0.717, 1.165) is 43.5 Å². The van der Waals surface area contributed by atoms with Crippen molar-refractivity contribution < 1.29 is 9.59 Å². The fourth-order valence-corrected chi connectivity index (χ4v) is 3.74. The number of nitrogens with one attached hydrogen (secondary N) is 1. The van der Waals surface area contributed by atoms with Crippen LogP contribution in [0.3, 0.4) is 0 Å². The van der Waals surface area contributed by atoms with Gasteiger partial charge in [0.25, 0.3) is 5.91 Å². The number of nitrogens with zero attached hydrogens (tertiary/aromatic N) is 1. The van der Waals surface area contributed by atoms with Crippen molar-refractivity contribution in [2.24, 2.45) is 5.92 Å². The van der Waals surface area contributed by atoms with Gasteiger partial charge in [-0.05, 0) is 54.9 Å². The third-order valence-electron chi connectivity index (χ3n) is 5.19. The summed E-state index contributed by atoms with van der Waals surface area (Å²) in [5, 5.41) is 2.99. The van der Waals surface area contributed by atoms with Crippen molar-refractivity contribution in [3.63, 3.8) is 0 Å². The summed E-state index contributed by atoms with van der Waals surface area (Å²) in [4.78, 5) is 27.4. The first-order valence-corrected chi connectivity index (χ1v) is 10.2. The van der Waals surface area contributed by atoms with E-state index in [9.17, 15) is 9.59 Å². The topological polar surface area (TPSA) is 49.4 Å². The largest absolute Gasteiger partial charge is 0.339 e. The predicted octanol–water partition coefficient (Wildman–Crippen LogP) is 4.61. The molecule has 3 rings (SSSR count). The molecule has 0 atom stereocenters. The monoisotopic (exact) mass is 378 g/mol. The molecule has 0 radical (unpaired) electrons. The van der Waals surface area contributed by atoms with Crippen LogP contribution in [0, 0.1) is 12.8 Å². The number of carbonyl (C=O) groups is 2. The second kappa shape index (κ2) is 9.05. The summed E-state index contributed by atoms with van der Waals surface area (Å²) < 4.78 is 0. The minimum absolute atomic E-state index is 0.00883. The van der Waals surface area contributed by atoms with Crippen molar-refractivity contribution in [1.29, 1.82) is 0 Å². The molecule has 2 aromatic carbocycles. The Bertz CT molecular complexity index is 834. The van der Waals surface area contributed by atoms with E-state index in [4.69, 9.17) is 0 Å². The molecular weight excluding hydrogens is 348 g/mol. The van der Waals surface area contributed by atoms with Crippen LogP contribution in [-0.2, 0) is 17.6 Å². The van der Waals surface area contributed by atoms with Gasteiger partial charge in [0, 0.05) is 13.1 Å². The number of para-hydroxylation sites is 1. The number of aryl methyl sites for hydroxylation is 1. The van der Waals surface area contributed by atoms with Gasteiger partial charge in [-0.3, -0.25) is 9.59 Å². The maximum absolute atomic E-state index is 12.9. The van der Waals surface area contributed by atoms with Gasteiger partial charge in [0.15, 0.2) is 0 Å². The highest BCUT2D eigenvalue weighted by atomic mass is 16.2. The Morgan fingerprint density at radius 3 is 2.29 bits per heavy atom. The van der Waals surface area contributed by atoms with Crippen LogP contribution in [0.15, 0.2) is 42.5 Å². The summed E-state index contributed by atoms with van der Waals surface area (Å²) in [6, 6.07) is 13.8. The van der Waals surface area contributed by atoms with Crippen molar-refractivity contribution in [2.45, 2.75) is 46.5 Å². The van der Waals surface area contributed by atoms with Crippen molar-refractivity contribution in [1.82, 2.24) is 4.90 Å². The summed E-state index contributed by atoms with van der Waals surface area (Å²) in [7, 11) is 0. The van der Waals surface area contributed by atoms with Gasteiger partial charge in [-0.15, -0.1) is 0 Å². The molecule has 148 valence electrons. The fourth-order valence-electron chi connectivity index (χ4n) is 3.74. The van der Waals surface area contributed by atoms with E-state index in [1.54, 1.807) is 0 Å². The molecule has 0 spiro atoms. The van der Waals surface area contributed by atoms with Gasteiger partial charge >= 0.3 is 0 Å². The number of hydrogen-bond acceptors (Lipinski definition) is 2. The third-order valence-corrected chi connectivity index (χ3v) is 5.19. The van der Waals surface area contributed by atoms with Crippen LogP contribution in [0.2, 0.25) is 0 Å². The molecule has 0 aromatic heterocycles. The zero-order valence-electron chi connectivity index (χ0n) is 17.1. The van der Waals surface area contributed by atoms with E-state index in [2.05, 4.69) is 31.3 Å². The van der Waals surface area contributed by atoms with E-state index in [1.807, 2.05) is 42.2 Å². The summed E-state index contributed by atoms with van der Waals surface area (Å²) in [6.07, 6.45) is 3.43. The zero-order valence-corrected chi connectivity index (χ0v) is 17.1. The third kappa shape index (κ3) is 5.00.